The maximum absolute atomic E-state index is 10.5. The molecule has 0 saturated heterocycles. The van der Waals surface area contributed by atoms with Crippen LogP contribution in [0.4, 0.5) is 16.2 Å². The predicted octanol–water partition coefficient (Wildman–Crippen LogP) is 3.68. The number of rotatable bonds is 2. The van der Waals surface area contributed by atoms with Crippen LogP contribution in [0.2, 0.25) is 5.02 Å². The lowest BCUT2D eigenvalue weighted by Crippen LogP contribution is -2.09. The van der Waals surface area contributed by atoms with Crippen LogP contribution in [0.25, 0.3) is 11.1 Å². The summed E-state index contributed by atoms with van der Waals surface area (Å²) in [7, 11) is 0. The molecule has 0 bridgehead atoms. The number of carbonyl (C=O) groups is 1. The minimum atomic E-state index is -1.14. The van der Waals surface area contributed by atoms with Crippen molar-refractivity contribution in [1.82, 2.24) is 0 Å². The van der Waals surface area contributed by atoms with E-state index in [1.165, 1.54) is 0 Å². The van der Waals surface area contributed by atoms with E-state index < -0.39 is 6.09 Å². The molecule has 4 nitrogen and oxygen atoms in total. The first kappa shape index (κ1) is 12.3. The number of benzene rings is 2. The van der Waals surface area contributed by atoms with E-state index in [0.717, 1.165) is 11.1 Å². The monoisotopic (exact) mass is 262 g/mol. The summed E-state index contributed by atoms with van der Waals surface area (Å²) in [4.78, 5) is 10.5. The Labute approximate surface area is 109 Å². The fourth-order valence-corrected chi connectivity index (χ4v) is 1.74. The van der Waals surface area contributed by atoms with Crippen molar-refractivity contribution in [2.75, 3.05) is 11.1 Å². The van der Waals surface area contributed by atoms with Gasteiger partial charge in [0.2, 0.25) is 0 Å². The van der Waals surface area contributed by atoms with Gasteiger partial charge < -0.3 is 10.8 Å². The molecule has 0 aliphatic carbocycles. The van der Waals surface area contributed by atoms with E-state index in [4.69, 9.17) is 22.4 Å². The molecule has 2 aromatic carbocycles. The van der Waals surface area contributed by atoms with Crippen LogP contribution >= 0.6 is 11.6 Å². The molecule has 0 fully saturated rings. The van der Waals surface area contributed by atoms with Gasteiger partial charge in [0.1, 0.15) is 0 Å². The lowest BCUT2D eigenvalue weighted by molar-refractivity contribution is 0.210. The van der Waals surface area contributed by atoms with Crippen molar-refractivity contribution in [3.8, 4) is 11.1 Å². The quantitative estimate of drug-likeness (QED) is 0.723. The summed E-state index contributed by atoms with van der Waals surface area (Å²) >= 11 is 5.81. The number of amides is 1. The highest BCUT2D eigenvalue weighted by molar-refractivity contribution is 6.30. The average Bonchev–Trinajstić information content (AvgIpc) is 2.32. The predicted molar refractivity (Wildman–Crippen MR) is 72.9 cm³/mol. The van der Waals surface area contributed by atoms with Crippen molar-refractivity contribution >= 4 is 29.1 Å². The van der Waals surface area contributed by atoms with Gasteiger partial charge in [-0.25, -0.2) is 4.79 Å². The number of halogens is 1. The third-order valence-electron chi connectivity index (χ3n) is 2.47. The fraction of sp³-hybridized carbons (Fsp3) is 0. The summed E-state index contributed by atoms with van der Waals surface area (Å²) in [5.41, 5.74) is 8.41. The molecule has 0 aromatic heterocycles. The van der Waals surface area contributed by atoms with Crippen LogP contribution in [-0.2, 0) is 0 Å². The van der Waals surface area contributed by atoms with Crippen molar-refractivity contribution in [3.63, 3.8) is 0 Å². The van der Waals surface area contributed by atoms with E-state index >= 15 is 0 Å². The van der Waals surface area contributed by atoms with Gasteiger partial charge in [0.05, 0.1) is 11.4 Å². The van der Waals surface area contributed by atoms with Crippen LogP contribution < -0.4 is 11.1 Å². The smallest absolute Gasteiger partial charge is 0.409 e. The average molecular weight is 263 g/mol. The summed E-state index contributed by atoms with van der Waals surface area (Å²) < 4.78 is 0. The Kier molecular flexibility index (Phi) is 3.39. The maximum Gasteiger partial charge on any atom is 0.409 e. The number of nitrogens with one attached hydrogen (secondary N) is 1. The molecule has 2 rings (SSSR count). The van der Waals surface area contributed by atoms with Crippen LogP contribution in [-0.4, -0.2) is 11.2 Å². The van der Waals surface area contributed by atoms with E-state index in [-0.39, 0.29) is 0 Å². The Balaban J connectivity index is 2.33. The molecule has 0 heterocycles. The standard InChI is InChI=1S/C13H11ClN2O2/c14-10-4-1-8(2-5-10)9-3-6-12(11(15)7-9)16-13(17)18/h1-7,16H,15H2,(H,17,18). The molecule has 2 aromatic rings. The van der Waals surface area contributed by atoms with Gasteiger partial charge >= 0.3 is 6.09 Å². The Morgan fingerprint density at radius 1 is 1.11 bits per heavy atom. The fourth-order valence-electron chi connectivity index (χ4n) is 1.61. The lowest BCUT2D eigenvalue weighted by atomic mass is 10.0. The second kappa shape index (κ2) is 4.98. The van der Waals surface area contributed by atoms with Crippen LogP contribution in [0.3, 0.4) is 0 Å². The van der Waals surface area contributed by atoms with E-state index in [9.17, 15) is 4.79 Å². The van der Waals surface area contributed by atoms with Crippen LogP contribution in [0.15, 0.2) is 42.5 Å². The Morgan fingerprint density at radius 3 is 2.28 bits per heavy atom. The molecule has 92 valence electrons. The Bertz CT molecular complexity index is 582. The highest BCUT2D eigenvalue weighted by Crippen LogP contribution is 2.27. The third-order valence-corrected chi connectivity index (χ3v) is 2.72. The Hall–Kier alpha value is -2.20. The van der Waals surface area contributed by atoms with Gasteiger partial charge in [-0.2, -0.15) is 0 Å². The van der Waals surface area contributed by atoms with Crippen LogP contribution in [0.1, 0.15) is 0 Å². The molecular weight excluding hydrogens is 252 g/mol. The second-order valence-electron chi connectivity index (χ2n) is 3.74. The molecule has 0 saturated carbocycles. The minimum Gasteiger partial charge on any atom is -0.465 e. The van der Waals surface area contributed by atoms with Crippen molar-refractivity contribution in [3.05, 3.63) is 47.5 Å². The van der Waals surface area contributed by atoms with Gasteiger partial charge in [-0.3, -0.25) is 5.32 Å². The third kappa shape index (κ3) is 2.73. The van der Waals surface area contributed by atoms with Crippen molar-refractivity contribution in [2.45, 2.75) is 0 Å². The lowest BCUT2D eigenvalue weighted by Gasteiger charge is -2.08. The van der Waals surface area contributed by atoms with Gasteiger partial charge in [-0.15, -0.1) is 0 Å². The molecule has 4 N–H and O–H groups in total. The molecule has 0 spiro atoms. The van der Waals surface area contributed by atoms with Gasteiger partial charge in [-0.05, 0) is 35.4 Å². The topological polar surface area (TPSA) is 75.3 Å². The normalized spacial score (nSPS) is 10.1. The van der Waals surface area contributed by atoms with Gasteiger partial charge in [0, 0.05) is 5.02 Å². The van der Waals surface area contributed by atoms with Crippen molar-refractivity contribution < 1.29 is 9.90 Å². The zero-order valence-electron chi connectivity index (χ0n) is 9.35. The Morgan fingerprint density at radius 2 is 1.72 bits per heavy atom. The van der Waals surface area contributed by atoms with Crippen molar-refractivity contribution in [2.24, 2.45) is 0 Å². The van der Waals surface area contributed by atoms with Crippen LogP contribution in [0, 0.1) is 0 Å². The number of hydrogen-bond donors (Lipinski definition) is 3. The molecule has 0 aliphatic rings. The number of carboxylic acid groups (broad SMARTS) is 1. The maximum atomic E-state index is 10.5. The molecule has 1 amide bonds. The number of hydrogen-bond acceptors (Lipinski definition) is 2. The zero-order chi connectivity index (χ0) is 13.1. The molecule has 0 unspecified atom stereocenters. The summed E-state index contributed by atoms with van der Waals surface area (Å²) in [6, 6.07) is 12.5. The summed E-state index contributed by atoms with van der Waals surface area (Å²) in [5.74, 6) is 0. The number of nitrogens with two attached hydrogens (primary N) is 1. The molecule has 0 atom stereocenters. The van der Waals surface area contributed by atoms with E-state index in [1.54, 1.807) is 30.3 Å². The van der Waals surface area contributed by atoms with Crippen molar-refractivity contribution in [1.29, 1.82) is 0 Å². The summed E-state index contributed by atoms with van der Waals surface area (Å²) in [5, 5.41) is 11.5. The highest BCUT2D eigenvalue weighted by Gasteiger charge is 2.05. The highest BCUT2D eigenvalue weighted by atomic mass is 35.5. The molecule has 0 aliphatic heterocycles. The molecular formula is C13H11ClN2O2. The van der Waals surface area contributed by atoms with E-state index in [0.29, 0.717) is 16.4 Å². The van der Waals surface area contributed by atoms with Crippen LogP contribution in [0.5, 0.6) is 0 Å². The van der Waals surface area contributed by atoms with E-state index in [2.05, 4.69) is 5.32 Å². The first-order valence-electron chi connectivity index (χ1n) is 5.21. The van der Waals surface area contributed by atoms with Gasteiger partial charge in [-0.1, -0.05) is 29.8 Å². The largest absolute Gasteiger partial charge is 0.465 e. The molecule has 0 radical (unpaired) electrons. The number of anilines is 2. The molecule has 18 heavy (non-hydrogen) atoms. The van der Waals surface area contributed by atoms with E-state index in [1.807, 2.05) is 12.1 Å². The summed E-state index contributed by atoms with van der Waals surface area (Å²) in [6.07, 6.45) is -1.14. The summed E-state index contributed by atoms with van der Waals surface area (Å²) in [6.45, 7) is 0. The van der Waals surface area contributed by atoms with Gasteiger partial charge in [0.25, 0.3) is 0 Å². The SMILES string of the molecule is Nc1cc(-c2ccc(Cl)cc2)ccc1NC(=O)O. The molecule has 5 heteroatoms. The second-order valence-corrected chi connectivity index (χ2v) is 4.18. The first-order chi connectivity index (χ1) is 8.56. The zero-order valence-corrected chi connectivity index (χ0v) is 10.1. The van der Waals surface area contributed by atoms with Gasteiger partial charge in [0.15, 0.2) is 0 Å². The minimum absolute atomic E-state index is 0.375. The first-order valence-corrected chi connectivity index (χ1v) is 5.59. The number of nitrogen functional groups attached to an aromatic ring is 1.